The van der Waals surface area contributed by atoms with Gasteiger partial charge in [-0.1, -0.05) is 36.9 Å². The lowest BCUT2D eigenvalue weighted by atomic mass is 10.0. The molecular formula is C14H19FN2S. The molecule has 4 heteroatoms. The summed E-state index contributed by atoms with van der Waals surface area (Å²) in [6.45, 7) is 6.28. The molecule has 2 atom stereocenters. The summed E-state index contributed by atoms with van der Waals surface area (Å²) in [5, 5.41) is 4.35. The average molecular weight is 266 g/mol. The summed E-state index contributed by atoms with van der Waals surface area (Å²) < 4.78 is 13.6. The Morgan fingerprint density at radius 1 is 1.50 bits per heavy atom. The molecule has 1 heterocycles. The minimum Gasteiger partial charge on any atom is -0.359 e. The monoisotopic (exact) mass is 266 g/mol. The molecule has 0 aromatic heterocycles. The van der Waals surface area contributed by atoms with Gasteiger partial charge in [0.1, 0.15) is 5.82 Å². The number of thioether (sulfide) groups is 1. The molecule has 1 aromatic rings. The molecule has 98 valence electrons. The third-order valence-corrected chi connectivity index (χ3v) is 4.65. The number of benzene rings is 1. The van der Waals surface area contributed by atoms with Gasteiger partial charge in [0.2, 0.25) is 0 Å². The molecular weight excluding hydrogens is 247 g/mol. The van der Waals surface area contributed by atoms with E-state index in [2.05, 4.69) is 24.2 Å². The molecule has 0 radical (unpaired) electrons. The van der Waals surface area contributed by atoms with E-state index in [4.69, 9.17) is 0 Å². The summed E-state index contributed by atoms with van der Waals surface area (Å²) in [4.78, 5) is 4.58. The van der Waals surface area contributed by atoms with E-state index in [1.165, 1.54) is 6.07 Å². The molecule has 1 aliphatic heterocycles. The van der Waals surface area contributed by atoms with Crippen LogP contribution in [0.15, 0.2) is 29.3 Å². The quantitative estimate of drug-likeness (QED) is 0.901. The van der Waals surface area contributed by atoms with Gasteiger partial charge in [-0.25, -0.2) is 4.39 Å². The molecule has 0 aliphatic carbocycles. The zero-order valence-corrected chi connectivity index (χ0v) is 11.9. The van der Waals surface area contributed by atoms with Crippen molar-refractivity contribution in [2.45, 2.75) is 38.8 Å². The van der Waals surface area contributed by atoms with Gasteiger partial charge in [-0.05, 0) is 26.3 Å². The van der Waals surface area contributed by atoms with E-state index < -0.39 is 0 Å². The molecule has 1 N–H and O–H groups in total. The summed E-state index contributed by atoms with van der Waals surface area (Å²) in [7, 11) is 0. The Hall–Kier alpha value is -1.03. The van der Waals surface area contributed by atoms with Crippen LogP contribution < -0.4 is 5.32 Å². The van der Waals surface area contributed by atoms with Crippen molar-refractivity contribution in [2.75, 3.05) is 5.75 Å². The van der Waals surface area contributed by atoms with Crippen LogP contribution in [0.5, 0.6) is 0 Å². The first-order chi connectivity index (χ1) is 8.54. The van der Waals surface area contributed by atoms with Gasteiger partial charge in [0.05, 0.1) is 6.04 Å². The normalized spacial score (nSPS) is 27.2. The van der Waals surface area contributed by atoms with Crippen LogP contribution in [0.1, 0.15) is 38.8 Å². The number of hydrogen-bond donors (Lipinski definition) is 1. The maximum absolute atomic E-state index is 13.6. The highest BCUT2D eigenvalue weighted by Crippen LogP contribution is 2.28. The molecule has 1 aromatic carbocycles. The van der Waals surface area contributed by atoms with Gasteiger partial charge in [0.25, 0.3) is 0 Å². The fourth-order valence-corrected chi connectivity index (χ4v) is 3.16. The van der Waals surface area contributed by atoms with Crippen molar-refractivity contribution in [1.29, 1.82) is 0 Å². The van der Waals surface area contributed by atoms with Crippen molar-refractivity contribution < 1.29 is 4.39 Å². The van der Waals surface area contributed by atoms with Gasteiger partial charge < -0.3 is 5.32 Å². The Morgan fingerprint density at radius 3 is 2.83 bits per heavy atom. The van der Waals surface area contributed by atoms with E-state index in [-0.39, 0.29) is 17.4 Å². The summed E-state index contributed by atoms with van der Waals surface area (Å²) in [5.41, 5.74) is 0.774. The van der Waals surface area contributed by atoms with Crippen LogP contribution in [-0.2, 0) is 0 Å². The minimum absolute atomic E-state index is 0.123. The molecule has 2 rings (SSSR count). The lowest BCUT2D eigenvalue weighted by Gasteiger charge is -2.21. The van der Waals surface area contributed by atoms with E-state index >= 15 is 0 Å². The van der Waals surface area contributed by atoms with Gasteiger partial charge in [0.15, 0.2) is 5.17 Å². The number of amidine groups is 1. The lowest BCUT2D eigenvalue weighted by molar-refractivity contribution is 0.465. The fraction of sp³-hybridized carbons (Fsp3) is 0.500. The Morgan fingerprint density at radius 2 is 2.22 bits per heavy atom. The Bertz CT molecular complexity index is 461. The molecule has 0 amide bonds. The van der Waals surface area contributed by atoms with E-state index in [9.17, 15) is 4.39 Å². The summed E-state index contributed by atoms with van der Waals surface area (Å²) in [5.74, 6) is 0.836. The van der Waals surface area contributed by atoms with Crippen LogP contribution in [0.25, 0.3) is 0 Å². The molecule has 2 unspecified atom stereocenters. The van der Waals surface area contributed by atoms with Crippen LogP contribution in [0.3, 0.4) is 0 Å². The predicted molar refractivity (Wildman–Crippen MR) is 76.5 cm³/mol. The molecule has 2 nitrogen and oxygen atoms in total. The Kier molecular flexibility index (Phi) is 3.95. The number of aliphatic imine (C=N–C) groups is 1. The van der Waals surface area contributed by atoms with Crippen molar-refractivity contribution in [3.63, 3.8) is 0 Å². The van der Waals surface area contributed by atoms with E-state index in [0.29, 0.717) is 5.56 Å². The van der Waals surface area contributed by atoms with Gasteiger partial charge >= 0.3 is 0 Å². The van der Waals surface area contributed by atoms with Crippen LogP contribution in [0, 0.1) is 5.82 Å². The molecule has 18 heavy (non-hydrogen) atoms. The summed E-state index contributed by atoms with van der Waals surface area (Å²) in [6, 6.07) is 6.68. The maximum atomic E-state index is 13.6. The van der Waals surface area contributed by atoms with Crippen molar-refractivity contribution in [2.24, 2.45) is 4.99 Å². The van der Waals surface area contributed by atoms with Crippen molar-refractivity contribution >= 4 is 16.9 Å². The van der Waals surface area contributed by atoms with Crippen LogP contribution in [0.2, 0.25) is 0 Å². The summed E-state index contributed by atoms with van der Waals surface area (Å²) >= 11 is 1.72. The van der Waals surface area contributed by atoms with Crippen molar-refractivity contribution in [3.8, 4) is 0 Å². The first kappa shape index (κ1) is 13.4. The highest BCUT2D eigenvalue weighted by Gasteiger charge is 2.30. The highest BCUT2D eigenvalue weighted by atomic mass is 32.2. The van der Waals surface area contributed by atoms with Gasteiger partial charge in [-0.15, -0.1) is 0 Å². The lowest BCUT2D eigenvalue weighted by Crippen LogP contribution is -2.39. The Balaban J connectivity index is 2.13. The van der Waals surface area contributed by atoms with Gasteiger partial charge in [-0.2, -0.15) is 0 Å². The molecule has 0 saturated carbocycles. The Labute approximate surface area is 112 Å². The minimum atomic E-state index is -0.185. The topological polar surface area (TPSA) is 24.4 Å². The zero-order chi connectivity index (χ0) is 13.2. The van der Waals surface area contributed by atoms with Crippen molar-refractivity contribution in [3.05, 3.63) is 35.6 Å². The number of rotatable bonds is 3. The zero-order valence-electron chi connectivity index (χ0n) is 11.0. The highest BCUT2D eigenvalue weighted by molar-refractivity contribution is 8.14. The standard InChI is InChI=1S/C14H19FN2S/c1-4-14(3)9-18-13(17-14)16-10(2)11-7-5-6-8-12(11)15/h5-8,10H,4,9H2,1-3H3,(H,16,17). The van der Waals surface area contributed by atoms with Crippen LogP contribution in [-0.4, -0.2) is 16.5 Å². The number of nitrogens with one attached hydrogen (secondary N) is 1. The van der Waals surface area contributed by atoms with Crippen LogP contribution in [0.4, 0.5) is 4.39 Å². The predicted octanol–water partition coefficient (Wildman–Crippen LogP) is 3.75. The second-order valence-corrected chi connectivity index (χ2v) is 5.92. The first-order valence-corrected chi connectivity index (χ1v) is 7.26. The largest absolute Gasteiger partial charge is 0.359 e. The first-order valence-electron chi connectivity index (χ1n) is 6.27. The van der Waals surface area contributed by atoms with E-state index in [1.807, 2.05) is 13.0 Å². The maximum Gasteiger partial charge on any atom is 0.157 e. The van der Waals surface area contributed by atoms with Gasteiger partial charge in [0, 0.05) is 16.9 Å². The number of nitrogens with zero attached hydrogens (tertiary/aromatic N) is 1. The molecule has 1 saturated heterocycles. The van der Waals surface area contributed by atoms with E-state index in [0.717, 1.165) is 17.3 Å². The number of hydrogen-bond acceptors (Lipinski definition) is 2. The second-order valence-electron chi connectivity index (χ2n) is 4.96. The van der Waals surface area contributed by atoms with E-state index in [1.54, 1.807) is 23.9 Å². The van der Waals surface area contributed by atoms with Gasteiger partial charge in [-0.3, -0.25) is 4.99 Å². The molecule has 0 spiro atoms. The smallest absolute Gasteiger partial charge is 0.157 e. The average Bonchev–Trinajstić information content (AvgIpc) is 2.72. The third kappa shape index (κ3) is 2.86. The summed E-state index contributed by atoms with van der Waals surface area (Å²) in [6.07, 6.45) is 1.06. The second kappa shape index (κ2) is 5.31. The fourth-order valence-electron chi connectivity index (χ4n) is 1.88. The van der Waals surface area contributed by atoms with Crippen molar-refractivity contribution in [1.82, 2.24) is 5.32 Å². The number of halogens is 1. The SMILES string of the molecule is CCC1(C)CSC(=NC(C)c2ccccc2F)N1. The molecule has 1 fully saturated rings. The third-order valence-electron chi connectivity index (χ3n) is 3.38. The van der Waals surface area contributed by atoms with Crippen LogP contribution >= 0.6 is 11.8 Å². The molecule has 0 bridgehead atoms. The molecule has 1 aliphatic rings.